The summed E-state index contributed by atoms with van der Waals surface area (Å²) in [5.74, 6) is -0.507. The third kappa shape index (κ3) is 2.86. The molecule has 106 valence electrons. The molecule has 0 aromatic rings. The number of hydrogen-bond acceptors (Lipinski definition) is 5. The largest absolute Gasteiger partial charge is 0.365 e. The van der Waals surface area contributed by atoms with Crippen molar-refractivity contribution in [1.82, 2.24) is 9.96 Å². The Bertz CT molecular complexity index is 398. The van der Waals surface area contributed by atoms with Gasteiger partial charge in [0.05, 0.1) is 0 Å². The molecule has 2 amide bonds. The third-order valence-corrected chi connectivity index (χ3v) is 3.69. The van der Waals surface area contributed by atoms with Crippen LogP contribution in [-0.2, 0) is 14.4 Å². The molecule has 0 radical (unpaired) electrons. The monoisotopic (exact) mass is 269 g/mol. The summed E-state index contributed by atoms with van der Waals surface area (Å²) in [5.41, 5.74) is 5.22. The molecule has 2 atom stereocenters. The van der Waals surface area contributed by atoms with Crippen LogP contribution in [0.3, 0.4) is 0 Å². The van der Waals surface area contributed by atoms with Crippen molar-refractivity contribution in [3.05, 3.63) is 0 Å². The molecule has 2 N–H and O–H groups in total. The maximum Gasteiger partial charge on any atom is 0.347 e. The predicted octanol–water partition coefficient (Wildman–Crippen LogP) is 0.0411. The van der Waals surface area contributed by atoms with Crippen LogP contribution in [-0.4, -0.2) is 52.9 Å². The Labute approximate surface area is 111 Å². The molecule has 7 nitrogen and oxygen atoms in total. The van der Waals surface area contributed by atoms with Gasteiger partial charge >= 0.3 is 12.0 Å². The van der Waals surface area contributed by atoms with E-state index in [0.717, 1.165) is 12.8 Å². The van der Waals surface area contributed by atoms with Crippen LogP contribution in [0.2, 0.25) is 0 Å². The first-order valence-electron chi connectivity index (χ1n) is 6.55. The van der Waals surface area contributed by atoms with Gasteiger partial charge in [-0.3, -0.25) is 4.79 Å². The number of urea groups is 1. The Morgan fingerprint density at radius 3 is 2.37 bits per heavy atom. The van der Waals surface area contributed by atoms with Crippen LogP contribution >= 0.6 is 0 Å². The van der Waals surface area contributed by atoms with Gasteiger partial charge < -0.3 is 15.5 Å². The smallest absolute Gasteiger partial charge is 0.347 e. The molecule has 0 aliphatic carbocycles. The highest BCUT2D eigenvalue weighted by molar-refractivity contribution is 5.84. The molecule has 0 spiro atoms. The van der Waals surface area contributed by atoms with Crippen LogP contribution in [0.5, 0.6) is 0 Å². The highest BCUT2D eigenvalue weighted by atomic mass is 16.7. The van der Waals surface area contributed by atoms with Gasteiger partial charge in [0.15, 0.2) is 0 Å². The standard InChI is InChI=1S/C12H19N3O4/c1-8(16)9-4-3-7-15(9)19-11(17)10-5-2-6-14(10)12(13)18/h9-10H,2-7H2,1H3,(H2,13,18)/t9?,10-/m0/s1. The van der Waals surface area contributed by atoms with Gasteiger partial charge in [0.2, 0.25) is 0 Å². The van der Waals surface area contributed by atoms with Crippen molar-refractivity contribution < 1.29 is 19.2 Å². The average molecular weight is 269 g/mol. The molecule has 2 aliphatic heterocycles. The first kappa shape index (κ1) is 13.8. The number of nitrogens with zero attached hydrogens (tertiary/aromatic N) is 2. The SMILES string of the molecule is CC(=O)C1CCCN1OC(=O)[C@@H]1CCCN1C(N)=O. The molecule has 0 aromatic carbocycles. The lowest BCUT2D eigenvalue weighted by Crippen LogP contribution is -2.47. The van der Waals surface area contributed by atoms with E-state index in [9.17, 15) is 14.4 Å². The molecular formula is C12H19N3O4. The third-order valence-electron chi connectivity index (χ3n) is 3.69. The number of carbonyl (C=O) groups is 3. The first-order chi connectivity index (χ1) is 9.00. The lowest BCUT2D eigenvalue weighted by atomic mass is 10.2. The molecule has 2 rings (SSSR count). The van der Waals surface area contributed by atoms with Gasteiger partial charge in [-0.05, 0) is 32.6 Å². The fourth-order valence-electron chi connectivity index (χ4n) is 2.71. The molecule has 2 heterocycles. The second kappa shape index (κ2) is 5.56. The van der Waals surface area contributed by atoms with Crippen LogP contribution in [0.4, 0.5) is 4.79 Å². The minimum atomic E-state index is -0.620. The maximum absolute atomic E-state index is 12.1. The van der Waals surface area contributed by atoms with Crippen molar-refractivity contribution in [1.29, 1.82) is 0 Å². The summed E-state index contributed by atoms with van der Waals surface area (Å²) in [6.45, 7) is 2.52. The van der Waals surface area contributed by atoms with E-state index >= 15 is 0 Å². The number of nitrogens with two attached hydrogens (primary N) is 1. The molecule has 2 aliphatic rings. The summed E-state index contributed by atoms with van der Waals surface area (Å²) in [7, 11) is 0. The topological polar surface area (TPSA) is 92.9 Å². The molecule has 7 heteroatoms. The van der Waals surface area contributed by atoms with Crippen molar-refractivity contribution >= 4 is 17.8 Å². The van der Waals surface area contributed by atoms with Gasteiger partial charge in [0.1, 0.15) is 17.9 Å². The van der Waals surface area contributed by atoms with Crippen LogP contribution < -0.4 is 5.73 Å². The Balaban J connectivity index is 1.97. The summed E-state index contributed by atoms with van der Waals surface area (Å²) in [6, 6.07) is -1.58. The zero-order valence-corrected chi connectivity index (χ0v) is 11.0. The Morgan fingerprint density at radius 2 is 1.74 bits per heavy atom. The lowest BCUT2D eigenvalue weighted by Gasteiger charge is -2.25. The molecule has 0 saturated carbocycles. The maximum atomic E-state index is 12.1. The average Bonchev–Trinajstić information content (AvgIpc) is 2.96. The van der Waals surface area contributed by atoms with Crippen LogP contribution in [0, 0.1) is 0 Å². The minimum Gasteiger partial charge on any atom is -0.365 e. The summed E-state index contributed by atoms with van der Waals surface area (Å²) in [4.78, 5) is 41.3. The van der Waals surface area contributed by atoms with E-state index in [1.165, 1.54) is 16.9 Å². The van der Waals surface area contributed by atoms with Gasteiger partial charge in [0.25, 0.3) is 0 Å². The highest BCUT2D eigenvalue weighted by Gasteiger charge is 2.38. The molecule has 0 aromatic heterocycles. The quantitative estimate of drug-likeness (QED) is 0.781. The normalized spacial score (nSPS) is 27.5. The van der Waals surface area contributed by atoms with Gasteiger partial charge in [-0.25, -0.2) is 9.59 Å². The molecule has 1 unspecified atom stereocenters. The summed E-state index contributed by atoms with van der Waals surface area (Å²) >= 11 is 0. The Hall–Kier alpha value is -1.63. The van der Waals surface area contributed by atoms with Crippen LogP contribution in [0.15, 0.2) is 0 Å². The zero-order valence-electron chi connectivity index (χ0n) is 11.0. The number of rotatable bonds is 3. The number of carbonyl (C=O) groups excluding carboxylic acids is 3. The number of hydroxylamine groups is 2. The van der Waals surface area contributed by atoms with Gasteiger partial charge in [-0.1, -0.05) is 0 Å². The minimum absolute atomic E-state index is 0.0107. The molecule has 2 saturated heterocycles. The van der Waals surface area contributed by atoms with Crippen molar-refractivity contribution in [2.75, 3.05) is 13.1 Å². The van der Waals surface area contributed by atoms with Crippen molar-refractivity contribution in [2.24, 2.45) is 5.73 Å². The van der Waals surface area contributed by atoms with E-state index in [4.69, 9.17) is 10.6 Å². The fraction of sp³-hybridized carbons (Fsp3) is 0.750. The number of Topliss-reactive ketones (excluding diaryl/α,β-unsaturated/α-hetero) is 1. The lowest BCUT2D eigenvalue weighted by molar-refractivity contribution is -0.198. The van der Waals surface area contributed by atoms with Gasteiger partial charge in [-0.15, -0.1) is 5.06 Å². The van der Waals surface area contributed by atoms with E-state index in [2.05, 4.69) is 0 Å². The van der Waals surface area contributed by atoms with E-state index in [-0.39, 0.29) is 11.8 Å². The molecule has 2 fully saturated rings. The number of hydrogen-bond donors (Lipinski definition) is 1. The predicted molar refractivity (Wildman–Crippen MR) is 65.8 cm³/mol. The van der Waals surface area contributed by atoms with Crippen molar-refractivity contribution in [2.45, 2.75) is 44.7 Å². The van der Waals surface area contributed by atoms with Crippen molar-refractivity contribution in [3.63, 3.8) is 0 Å². The van der Waals surface area contributed by atoms with E-state index < -0.39 is 18.0 Å². The summed E-state index contributed by atoms with van der Waals surface area (Å²) in [6.07, 6.45) is 2.81. The molecule has 19 heavy (non-hydrogen) atoms. The van der Waals surface area contributed by atoms with E-state index in [1.807, 2.05) is 0 Å². The fourth-order valence-corrected chi connectivity index (χ4v) is 2.71. The Kier molecular flexibility index (Phi) is 4.04. The molecular weight excluding hydrogens is 250 g/mol. The Morgan fingerprint density at radius 1 is 1.11 bits per heavy atom. The van der Waals surface area contributed by atoms with Gasteiger partial charge in [0, 0.05) is 13.1 Å². The zero-order chi connectivity index (χ0) is 14.0. The summed E-state index contributed by atoms with van der Waals surface area (Å²) < 4.78 is 0. The van der Waals surface area contributed by atoms with Crippen molar-refractivity contribution in [3.8, 4) is 0 Å². The number of primary amides is 1. The summed E-state index contributed by atoms with van der Waals surface area (Å²) in [5, 5.41) is 1.43. The number of amides is 2. The van der Waals surface area contributed by atoms with E-state index in [0.29, 0.717) is 25.9 Å². The number of likely N-dealkylation sites (tertiary alicyclic amines) is 1. The van der Waals surface area contributed by atoms with Crippen LogP contribution in [0.25, 0.3) is 0 Å². The second-order valence-electron chi connectivity index (χ2n) is 5.01. The number of ketones is 1. The highest BCUT2D eigenvalue weighted by Crippen LogP contribution is 2.22. The van der Waals surface area contributed by atoms with E-state index in [1.54, 1.807) is 0 Å². The van der Waals surface area contributed by atoms with Crippen LogP contribution in [0.1, 0.15) is 32.6 Å². The second-order valence-corrected chi connectivity index (χ2v) is 5.01. The first-order valence-corrected chi connectivity index (χ1v) is 6.55. The van der Waals surface area contributed by atoms with Gasteiger partial charge in [-0.2, -0.15) is 0 Å². The molecule has 0 bridgehead atoms.